The van der Waals surface area contributed by atoms with Gasteiger partial charge in [-0.05, 0) is 40.9 Å². The fourth-order valence-electron chi connectivity index (χ4n) is 2.64. The molecule has 0 spiro atoms. The molecular formula is C15H20BrClN2O. The SMILES string of the molecule is C=CCC[C@@H](c1cc(Cl)cc(Br)c1O)N1CCNCC1. The van der Waals surface area contributed by atoms with Gasteiger partial charge in [0.2, 0.25) is 0 Å². The first kappa shape index (κ1) is 15.8. The maximum atomic E-state index is 10.3. The van der Waals surface area contributed by atoms with Crippen molar-refractivity contribution in [2.24, 2.45) is 0 Å². The largest absolute Gasteiger partial charge is 0.506 e. The third kappa shape index (κ3) is 3.76. The third-order valence-corrected chi connectivity index (χ3v) is 4.48. The summed E-state index contributed by atoms with van der Waals surface area (Å²) < 4.78 is 0.652. The van der Waals surface area contributed by atoms with E-state index >= 15 is 0 Å². The van der Waals surface area contributed by atoms with E-state index in [2.05, 4.69) is 32.7 Å². The summed E-state index contributed by atoms with van der Waals surface area (Å²) in [5.74, 6) is 0.294. The Morgan fingerprint density at radius 2 is 2.15 bits per heavy atom. The molecule has 1 aromatic rings. The fraction of sp³-hybridized carbons (Fsp3) is 0.467. The Balaban J connectivity index is 2.31. The zero-order valence-corrected chi connectivity index (χ0v) is 13.8. The second kappa shape index (κ2) is 7.46. The summed E-state index contributed by atoms with van der Waals surface area (Å²) in [6, 6.07) is 3.77. The minimum absolute atomic E-state index is 0.171. The van der Waals surface area contributed by atoms with Crippen LogP contribution in [0.4, 0.5) is 0 Å². The van der Waals surface area contributed by atoms with E-state index in [4.69, 9.17) is 11.6 Å². The number of hydrogen-bond acceptors (Lipinski definition) is 3. The maximum Gasteiger partial charge on any atom is 0.134 e. The number of benzene rings is 1. The van der Waals surface area contributed by atoms with Crippen LogP contribution in [0.3, 0.4) is 0 Å². The highest BCUT2D eigenvalue weighted by Gasteiger charge is 2.25. The van der Waals surface area contributed by atoms with Crippen LogP contribution in [0.1, 0.15) is 24.4 Å². The van der Waals surface area contributed by atoms with Gasteiger partial charge in [0.25, 0.3) is 0 Å². The molecule has 0 unspecified atom stereocenters. The van der Waals surface area contributed by atoms with Crippen molar-refractivity contribution in [2.45, 2.75) is 18.9 Å². The Morgan fingerprint density at radius 3 is 2.80 bits per heavy atom. The predicted molar refractivity (Wildman–Crippen MR) is 87.4 cm³/mol. The van der Waals surface area contributed by atoms with E-state index in [0.717, 1.165) is 44.6 Å². The van der Waals surface area contributed by atoms with Gasteiger partial charge in [0.15, 0.2) is 0 Å². The van der Waals surface area contributed by atoms with Gasteiger partial charge in [0, 0.05) is 42.8 Å². The summed E-state index contributed by atoms with van der Waals surface area (Å²) >= 11 is 9.52. The Hall–Kier alpha value is -0.550. The van der Waals surface area contributed by atoms with E-state index in [1.807, 2.05) is 12.1 Å². The molecule has 3 nitrogen and oxygen atoms in total. The average Bonchev–Trinajstić information content (AvgIpc) is 2.45. The van der Waals surface area contributed by atoms with E-state index in [1.54, 1.807) is 6.07 Å². The number of piperazine rings is 1. The van der Waals surface area contributed by atoms with Gasteiger partial charge in [0.1, 0.15) is 5.75 Å². The molecule has 1 saturated heterocycles. The highest BCUT2D eigenvalue weighted by Crippen LogP contribution is 2.39. The van der Waals surface area contributed by atoms with Crippen molar-refractivity contribution in [1.29, 1.82) is 0 Å². The van der Waals surface area contributed by atoms with Crippen LogP contribution in [0.15, 0.2) is 29.3 Å². The summed E-state index contributed by atoms with van der Waals surface area (Å²) in [6.45, 7) is 7.71. The average molecular weight is 360 g/mol. The third-order valence-electron chi connectivity index (χ3n) is 3.65. The zero-order chi connectivity index (χ0) is 14.5. The molecule has 2 N–H and O–H groups in total. The molecule has 20 heavy (non-hydrogen) atoms. The van der Waals surface area contributed by atoms with E-state index in [9.17, 15) is 5.11 Å². The van der Waals surface area contributed by atoms with Crippen LogP contribution in [-0.4, -0.2) is 36.2 Å². The molecule has 0 radical (unpaired) electrons. The highest BCUT2D eigenvalue weighted by molar-refractivity contribution is 9.10. The number of nitrogens with one attached hydrogen (secondary N) is 1. The van der Waals surface area contributed by atoms with Crippen molar-refractivity contribution in [3.63, 3.8) is 0 Å². The summed E-state index contributed by atoms with van der Waals surface area (Å²) in [7, 11) is 0. The van der Waals surface area contributed by atoms with Crippen molar-refractivity contribution < 1.29 is 5.11 Å². The first-order chi connectivity index (χ1) is 9.63. The van der Waals surface area contributed by atoms with Crippen LogP contribution in [-0.2, 0) is 0 Å². The lowest BCUT2D eigenvalue weighted by Crippen LogP contribution is -2.45. The lowest BCUT2D eigenvalue weighted by Gasteiger charge is -2.35. The van der Waals surface area contributed by atoms with Crippen molar-refractivity contribution in [1.82, 2.24) is 10.2 Å². The molecule has 2 rings (SSSR count). The summed E-state index contributed by atoms with van der Waals surface area (Å²) in [6.07, 6.45) is 3.77. The number of nitrogens with zero attached hydrogens (tertiary/aromatic N) is 1. The minimum atomic E-state index is 0.171. The molecule has 0 aromatic heterocycles. The number of aromatic hydroxyl groups is 1. The molecule has 1 aliphatic rings. The van der Waals surface area contributed by atoms with Gasteiger partial charge in [0.05, 0.1) is 4.47 Å². The number of allylic oxidation sites excluding steroid dienone is 1. The normalized spacial score (nSPS) is 17.9. The van der Waals surface area contributed by atoms with Gasteiger partial charge in [-0.25, -0.2) is 0 Å². The monoisotopic (exact) mass is 358 g/mol. The van der Waals surface area contributed by atoms with Crippen LogP contribution in [0.2, 0.25) is 5.02 Å². The first-order valence-corrected chi connectivity index (χ1v) is 8.04. The van der Waals surface area contributed by atoms with Gasteiger partial charge in [-0.15, -0.1) is 6.58 Å². The summed E-state index contributed by atoms with van der Waals surface area (Å²) in [5.41, 5.74) is 0.896. The smallest absolute Gasteiger partial charge is 0.134 e. The minimum Gasteiger partial charge on any atom is -0.506 e. The van der Waals surface area contributed by atoms with Crippen molar-refractivity contribution >= 4 is 27.5 Å². The summed E-state index contributed by atoms with van der Waals surface area (Å²) in [5, 5.41) is 14.3. The van der Waals surface area contributed by atoms with E-state index in [0.29, 0.717) is 15.2 Å². The van der Waals surface area contributed by atoms with Crippen LogP contribution >= 0.6 is 27.5 Å². The van der Waals surface area contributed by atoms with Crippen LogP contribution in [0.5, 0.6) is 5.75 Å². The van der Waals surface area contributed by atoms with E-state index in [1.165, 1.54) is 0 Å². The number of phenols is 1. The lowest BCUT2D eigenvalue weighted by atomic mass is 9.98. The zero-order valence-electron chi connectivity index (χ0n) is 11.4. The molecule has 0 bridgehead atoms. The van der Waals surface area contributed by atoms with Gasteiger partial charge in [-0.1, -0.05) is 17.7 Å². The topological polar surface area (TPSA) is 35.5 Å². The predicted octanol–water partition coefficient (Wildman–Crippen LogP) is 3.72. The molecular weight excluding hydrogens is 340 g/mol. The highest BCUT2D eigenvalue weighted by atomic mass is 79.9. The van der Waals surface area contributed by atoms with Crippen molar-refractivity contribution in [2.75, 3.05) is 26.2 Å². The Bertz CT molecular complexity index is 475. The molecule has 1 aromatic carbocycles. The molecule has 1 fully saturated rings. The molecule has 5 heteroatoms. The van der Waals surface area contributed by atoms with Gasteiger partial charge in [-0.2, -0.15) is 0 Å². The Kier molecular flexibility index (Phi) is 5.90. The van der Waals surface area contributed by atoms with Crippen molar-refractivity contribution in [3.8, 4) is 5.75 Å². The van der Waals surface area contributed by atoms with E-state index < -0.39 is 0 Å². The van der Waals surface area contributed by atoms with Crippen LogP contribution < -0.4 is 5.32 Å². The van der Waals surface area contributed by atoms with Crippen LogP contribution in [0.25, 0.3) is 0 Å². The standard InChI is InChI=1S/C15H20BrClN2O/c1-2-3-4-14(19-7-5-18-6-8-19)12-9-11(17)10-13(16)15(12)20/h2,9-10,14,18,20H,1,3-8H2/t14-/m0/s1. The summed E-state index contributed by atoms with van der Waals surface area (Å²) in [4.78, 5) is 2.40. The number of halogens is 2. The maximum absolute atomic E-state index is 10.3. The number of rotatable bonds is 5. The van der Waals surface area contributed by atoms with Crippen molar-refractivity contribution in [3.05, 3.63) is 39.8 Å². The number of phenolic OH excluding ortho intramolecular Hbond substituents is 1. The Morgan fingerprint density at radius 1 is 1.45 bits per heavy atom. The second-order valence-electron chi connectivity index (χ2n) is 4.99. The van der Waals surface area contributed by atoms with Gasteiger partial charge in [-0.3, -0.25) is 4.90 Å². The second-order valence-corrected chi connectivity index (χ2v) is 6.28. The molecule has 1 atom stereocenters. The molecule has 110 valence electrons. The van der Waals surface area contributed by atoms with Crippen LogP contribution in [0, 0.1) is 0 Å². The fourth-order valence-corrected chi connectivity index (χ4v) is 3.48. The Labute approximate surface area is 133 Å². The lowest BCUT2D eigenvalue weighted by molar-refractivity contribution is 0.163. The first-order valence-electron chi connectivity index (χ1n) is 6.87. The number of hydrogen-bond donors (Lipinski definition) is 2. The van der Waals surface area contributed by atoms with Gasteiger partial charge >= 0.3 is 0 Å². The quantitative estimate of drug-likeness (QED) is 0.787. The molecule has 0 saturated carbocycles. The van der Waals surface area contributed by atoms with Gasteiger partial charge < -0.3 is 10.4 Å². The van der Waals surface area contributed by atoms with E-state index in [-0.39, 0.29) is 6.04 Å². The molecule has 0 amide bonds. The molecule has 1 aliphatic heterocycles. The molecule has 1 heterocycles. The molecule has 0 aliphatic carbocycles.